The van der Waals surface area contributed by atoms with E-state index in [-0.39, 0.29) is 5.56 Å². The van der Waals surface area contributed by atoms with Gasteiger partial charge in [0, 0.05) is 25.0 Å². The van der Waals surface area contributed by atoms with E-state index >= 15 is 0 Å². The molecule has 0 aliphatic rings. The van der Waals surface area contributed by atoms with Gasteiger partial charge in [0.1, 0.15) is 5.49 Å². The molecule has 3 aromatic rings. The number of pyridine rings is 2. The molecule has 1 aromatic carbocycles. The average Bonchev–Trinajstić information content (AvgIpc) is 2.58. The van der Waals surface area contributed by atoms with Crippen LogP contribution in [-0.4, -0.2) is 15.5 Å². The van der Waals surface area contributed by atoms with Crippen molar-refractivity contribution in [1.82, 2.24) is 9.55 Å². The number of amides is 1. The van der Waals surface area contributed by atoms with Crippen molar-refractivity contribution in [3.8, 4) is 0 Å². The summed E-state index contributed by atoms with van der Waals surface area (Å²) < 4.78 is 1.90. The van der Waals surface area contributed by atoms with Crippen LogP contribution in [0.4, 0.5) is 0 Å². The number of benzene rings is 1. The number of carbonyl (C=O) groups is 1. The van der Waals surface area contributed by atoms with Crippen LogP contribution >= 0.6 is 0 Å². The zero-order valence-electron chi connectivity index (χ0n) is 12.3. The zero-order valence-corrected chi connectivity index (χ0v) is 12.3. The fourth-order valence-corrected chi connectivity index (χ4v) is 2.19. The van der Waals surface area contributed by atoms with Crippen molar-refractivity contribution in [2.45, 2.75) is 6.54 Å². The second-order valence-electron chi connectivity index (χ2n) is 5.03. The Morgan fingerprint density at radius 3 is 2.52 bits per heavy atom. The summed E-state index contributed by atoms with van der Waals surface area (Å²) >= 11 is 0. The molecule has 23 heavy (non-hydrogen) atoms. The molecule has 0 bridgehead atoms. The molecule has 0 saturated carbocycles. The fraction of sp³-hybridized carbons (Fsp3) is 0.0556. The monoisotopic (exact) mass is 305 g/mol. The molecule has 0 unspecified atom stereocenters. The standard InChI is InChI=1S/C18H15N3O2/c22-17-10-9-15(12-19-17)18(23)20-16-8-4-5-11-21(16)13-14-6-2-1-3-7-14/h1-12H,13H2,(H,19,22). The van der Waals surface area contributed by atoms with E-state index in [4.69, 9.17) is 0 Å². The summed E-state index contributed by atoms with van der Waals surface area (Å²) in [5.74, 6) is -0.394. The molecule has 0 radical (unpaired) electrons. The summed E-state index contributed by atoms with van der Waals surface area (Å²) in [6.45, 7) is 0.624. The largest absolute Gasteiger partial charge is 0.328 e. The van der Waals surface area contributed by atoms with E-state index in [2.05, 4.69) is 9.98 Å². The number of H-pyrrole nitrogens is 1. The minimum atomic E-state index is -0.394. The first-order valence-electron chi connectivity index (χ1n) is 7.19. The second-order valence-corrected chi connectivity index (χ2v) is 5.03. The number of nitrogens with one attached hydrogen (secondary N) is 1. The van der Waals surface area contributed by atoms with Crippen LogP contribution in [0, 0.1) is 0 Å². The molecule has 3 rings (SSSR count). The summed E-state index contributed by atoms with van der Waals surface area (Å²) in [5, 5.41) is 0. The lowest BCUT2D eigenvalue weighted by Gasteiger charge is -2.07. The molecule has 1 amide bonds. The van der Waals surface area contributed by atoms with Gasteiger partial charge >= 0.3 is 0 Å². The topological polar surface area (TPSA) is 67.2 Å². The van der Waals surface area contributed by atoms with Gasteiger partial charge in [-0.1, -0.05) is 36.4 Å². The summed E-state index contributed by atoms with van der Waals surface area (Å²) in [6, 6.07) is 18.2. The van der Waals surface area contributed by atoms with Crippen molar-refractivity contribution < 1.29 is 4.79 Å². The maximum atomic E-state index is 12.2. The van der Waals surface area contributed by atoms with E-state index in [1.807, 2.05) is 53.2 Å². The molecule has 0 saturated heterocycles. The smallest absolute Gasteiger partial charge is 0.280 e. The van der Waals surface area contributed by atoms with Crippen LogP contribution in [0.15, 0.2) is 82.8 Å². The van der Waals surface area contributed by atoms with E-state index in [1.165, 1.54) is 18.3 Å². The van der Waals surface area contributed by atoms with Crippen LogP contribution in [0.1, 0.15) is 15.9 Å². The molecule has 0 atom stereocenters. The molecule has 0 fully saturated rings. The van der Waals surface area contributed by atoms with Gasteiger partial charge < -0.3 is 9.55 Å². The van der Waals surface area contributed by atoms with Crippen molar-refractivity contribution in [3.63, 3.8) is 0 Å². The number of aromatic amines is 1. The lowest BCUT2D eigenvalue weighted by atomic mass is 10.2. The molecule has 0 aliphatic carbocycles. The molecule has 1 N–H and O–H groups in total. The van der Waals surface area contributed by atoms with Gasteiger partial charge in [0.05, 0.1) is 5.56 Å². The zero-order chi connectivity index (χ0) is 16.1. The first-order valence-corrected chi connectivity index (χ1v) is 7.19. The quantitative estimate of drug-likeness (QED) is 0.804. The molecule has 0 aliphatic heterocycles. The van der Waals surface area contributed by atoms with Gasteiger partial charge in [-0.3, -0.25) is 9.59 Å². The maximum Gasteiger partial charge on any atom is 0.280 e. The normalized spacial score (nSPS) is 11.4. The number of nitrogens with zero attached hydrogens (tertiary/aromatic N) is 2. The highest BCUT2D eigenvalue weighted by Crippen LogP contribution is 2.01. The van der Waals surface area contributed by atoms with E-state index in [0.29, 0.717) is 17.6 Å². The van der Waals surface area contributed by atoms with Crippen LogP contribution in [0.3, 0.4) is 0 Å². The van der Waals surface area contributed by atoms with E-state index in [9.17, 15) is 9.59 Å². The Hall–Kier alpha value is -3.21. The third kappa shape index (κ3) is 3.71. The first kappa shape index (κ1) is 14.7. The first-order chi connectivity index (χ1) is 11.2. The number of hydrogen-bond acceptors (Lipinski definition) is 2. The predicted octanol–water partition coefficient (Wildman–Crippen LogP) is 1.97. The summed E-state index contributed by atoms with van der Waals surface area (Å²) in [5.41, 5.74) is 1.78. The Bertz CT molecular complexity index is 919. The van der Waals surface area contributed by atoms with E-state index in [0.717, 1.165) is 5.56 Å². The minimum absolute atomic E-state index is 0.250. The van der Waals surface area contributed by atoms with Gasteiger partial charge in [-0.05, 0) is 23.8 Å². The van der Waals surface area contributed by atoms with Crippen molar-refractivity contribution in [2.24, 2.45) is 4.99 Å². The van der Waals surface area contributed by atoms with Crippen molar-refractivity contribution in [1.29, 1.82) is 0 Å². The van der Waals surface area contributed by atoms with Gasteiger partial charge in [-0.25, -0.2) is 0 Å². The fourth-order valence-electron chi connectivity index (χ4n) is 2.19. The molecule has 2 heterocycles. The second kappa shape index (κ2) is 6.70. The molecular formula is C18H15N3O2. The lowest BCUT2D eigenvalue weighted by Crippen LogP contribution is -2.22. The van der Waals surface area contributed by atoms with Gasteiger partial charge in [0.2, 0.25) is 5.56 Å². The Morgan fingerprint density at radius 1 is 1.00 bits per heavy atom. The van der Waals surface area contributed by atoms with Crippen molar-refractivity contribution in [2.75, 3.05) is 0 Å². The maximum absolute atomic E-state index is 12.2. The highest BCUT2D eigenvalue weighted by atomic mass is 16.1. The molecule has 5 nitrogen and oxygen atoms in total. The lowest BCUT2D eigenvalue weighted by molar-refractivity contribution is 0.0996. The minimum Gasteiger partial charge on any atom is -0.328 e. The third-order valence-electron chi connectivity index (χ3n) is 3.36. The number of hydrogen-bond donors (Lipinski definition) is 1. The Kier molecular flexibility index (Phi) is 4.29. The number of rotatable bonds is 3. The Morgan fingerprint density at radius 2 is 1.78 bits per heavy atom. The van der Waals surface area contributed by atoms with Crippen LogP contribution in [-0.2, 0) is 6.54 Å². The highest BCUT2D eigenvalue weighted by Gasteiger charge is 2.04. The van der Waals surface area contributed by atoms with Crippen molar-refractivity contribution >= 4 is 5.91 Å². The third-order valence-corrected chi connectivity index (χ3v) is 3.36. The molecule has 114 valence electrons. The number of carbonyl (C=O) groups excluding carboxylic acids is 1. The number of aromatic nitrogens is 2. The summed E-state index contributed by atoms with van der Waals surface area (Å²) in [4.78, 5) is 29.9. The van der Waals surface area contributed by atoms with Crippen LogP contribution in [0.25, 0.3) is 0 Å². The van der Waals surface area contributed by atoms with Gasteiger partial charge in [0.25, 0.3) is 5.91 Å². The Labute approximate surface area is 132 Å². The predicted molar refractivity (Wildman–Crippen MR) is 86.9 cm³/mol. The van der Waals surface area contributed by atoms with Gasteiger partial charge in [-0.15, -0.1) is 0 Å². The van der Waals surface area contributed by atoms with E-state index in [1.54, 1.807) is 6.07 Å². The SMILES string of the molecule is O=C(N=c1ccccn1Cc1ccccc1)c1ccc(=O)[nH]c1. The average molecular weight is 305 g/mol. The van der Waals surface area contributed by atoms with Crippen LogP contribution in [0.5, 0.6) is 0 Å². The molecule has 2 aromatic heterocycles. The van der Waals surface area contributed by atoms with Gasteiger partial charge in [-0.2, -0.15) is 4.99 Å². The van der Waals surface area contributed by atoms with Crippen LogP contribution in [0.2, 0.25) is 0 Å². The highest BCUT2D eigenvalue weighted by molar-refractivity contribution is 5.94. The molecule has 0 spiro atoms. The summed E-state index contributed by atoms with van der Waals surface area (Å²) in [6.07, 6.45) is 3.25. The van der Waals surface area contributed by atoms with Gasteiger partial charge in [0.15, 0.2) is 0 Å². The van der Waals surface area contributed by atoms with Crippen molar-refractivity contribution in [3.05, 3.63) is 100 Å². The summed E-state index contributed by atoms with van der Waals surface area (Å²) in [7, 11) is 0. The van der Waals surface area contributed by atoms with Crippen LogP contribution < -0.4 is 11.0 Å². The molecule has 5 heteroatoms. The molecular weight excluding hydrogens is 290 g/mol. The van der Waals surface area contributed by atoms with E-state index < -0.39 is 5.91 Å². The Balaban J connectivity index is 1.94.